The number of aliphatic hydroxyl groups excluding tert-OH is 17. The summed E-state index contributed by atoms with van der Waals surface area (Å²) in [5, 5.41) is 192. The first-order valence-corrected chi connectivity index (χ1v) is 24.9. The first kappa shape index (κ1) is 65.7. The molecule has 0 aromatic carbocycles. The molecular formula is C37H62O37P2-4. The van der Waals surface area contributed by atoms with Crippen molar-refractivity contribution in [2.75, 3.05) is 46.8 Å². The van der Waals surface area contributed by atoms with Gasteiger partial charge in [-0.1, -0.05) is 0 Å². The van der Waals surface area contributed by atoms with E-state index in [-0.39, 0.29) is 0 Å². The van der Waals surface area contributed by atoms with Crippen LogP contribution in [0.1, 0.15) is 0 Å². The van der Waals surface area contributed by atoms with Gasteiger partial charge in [0, 0.05) is 7.11 Å². The molecule has 6 rings (SSSR count). The summed E-state index contributed by atoms with van der Waals surface area (Å²) >= 11 is 0. The Morgan fingerprint density at radius 2 is 0.763 bits per heavy atom. The van der Waals surface area contributed by atoms with Crippen molar-refractivity contribution in [3.05, 3.63) is 0 Å². The van der Waals surface area contributed by atoms with Gasteiger partial charge in [-0.25, -0.2) is 0 Å². The van der Waals surface area contributed by atoms with Crippen LogP contribution < -0.4 is 19.9 Å². The number of phosphoric acid groups is 1. The predicted molar refractivity (Wildman–Crippen MR) is 217 cm³/mol. The fourth-order valence-corrected chi connectivity index (χ4v) is 8.97. The lowest BCUT2D eigenvalue weighted by molar-refractivity contribution is -0.692. The van der Waals surface area contributed by atoms with Crippen LogP contribution >= 0.6 is 16.5 Å². The fourth-order valence-electron chi connectivity index (χ4n) is 8.64. The van der Waals surface area contributed by atoms with Gasteiger partial charge in [-0.2, -0.15) is 0 Å². The molecule has 37 nitrogen and oxygen atoms in total. The summed E-state index contributed by atoms with van der Waals surface area (Å²) in [6.45, 7) is -5.70. The van der Waals surface area contributed by atoms with Gasteiger partial charge >= 0.3 is 0 Å². The maximum Gasteiger partial charge on any atom is 0.187 e. The molecule has 0 amide bonds. The molecule has 17 N–H and O–H groups in total. The van der Waals surface area contributed by atoms with Gasteiger partial charge in [0.2, 0.25) is 0 Å². The average molecular weight is 1160 g/mol. The van der Waals surface area contributed by atoms with E-state index >= 15 is 0 Å². The van der Waals surface area contributed by atoms with Crippen molar-refractivity contribution in [3.63, 3.8) is 0 Å². The van der Waals surface area contributed by atoms with Crippen molar-refractivity contribution in [2.45, 2.75) is 184 Å². The molecule has 39 heteroatoms. The van der Waals surface area contributed by atoms with Crippen LogP contribution in [0.15, 0.2) is 0 Å². The second kappa shape index (κ2) is 29.3. The minimum absolute atomic E-state index is 0.852. The molecular weight excluding hydrogens is 1100 g/mol. The molecule has 6 heterocycles. The molecule has 0 aromatic rings. The Hall–Kier alpha value is -1.07. The highest BCUT2D eigenvalue weighted by atomic mass is 31.2. The van der Waals surface area contributed by atoms with Crippen LogP contribution in [-0.4, -0.2) is 318 Å². The van der Waals surface area contributed by atoms with Gasteiger partial charge in [0.15, 0.2) is 37.7 Å². The van der Waals surface area contributed by atoms with E-state index in [0.717, 1.165) is 7.11 Å². The molecule has 6 fully saturated rings. The van der Waals surface area contributed by atoms with Gasteiger partial charge in [-0.15, -0.1) is 0 Å². The molecule has 0 radical (unpaired) electrons. The van der Waals surface area contributed by atoms with Crippen molar-refractivity contribution in [1.82, 2.24) is 0 Å². The maximum absolute atomic E-state index is 11.6. The summed E-state index contributed by atoms with van der Waals surface area (Å²) in [6.07, 6.45) is -58.5. The molecule has 76 heavy (non-hydrogen) atoms. The van der Waals surface area contributed by atoms with Crippen molar-refractivity contribution in [1.29, 1.82) is 0 Å². The van der Waals surface area contributed by atoms with Crippen LogP contribution in [0.3, 0.4) is 0 Å². The molecule has 12 unspecified atom stereocenters. The Balaban J connectivity index is 0.00000347. The van der Waals surface area contributed by atoms with Gasteiger partial charge in [-0.3, -0.25) is 4.57 Å². The number of rotatable bonds is 20. The van der Waals surface area contributed by atoms with E-state index in [1.807, 2.05) is 0 Å². The van der Waals surface area contributed by atoms with Crippen LogP contribution in [0.5, 0.6) is 0 Å². The van der Waals surface area contributed by atoms with Gasteiger partial charge < -0.3 is 178 Å². The zero-order valence-corrected chi connectivity index (χ0v) is 41.0. The number of phosphoric ester groups is 1. The molecule has 446 valence electrons. The molecule has 6 aliphatic heterocycles. The molecule has 30 atom stereocenters. The van der Waals surface area contributed by atoms with E-state index in [9.17, 15) is 106 Å². The number of ether oxygens (including phenoxy) is 12. The summed E-state index contributed by atoms with van der Waals surface area (Å²) in [5.74, 6) is 0. The summed E-state index contributed by atoms with van der Waals surface area (Å²) < 4.78 is 90.2. The Morgan fingerprint density at radius 1 is 0.421 bits per heavy atom. The van der Waals surface area contributed by atoms with Gasteiger partial charge in [0.05, 0.1) is 56.2 Å². The van der Waals surface area contributed by atoms with Gasteiger partial charge in [0.25, 0.3) is 0 Å². The number of methoxy groups -OCH3 is 1. The summed E-state index contributed by atoms with van der Waals surface area (Å²) in [7, 11) is -5.72. The second-order valence-corrected chi connectivity index (χ2v) is 19.1. The predicted octanol–water partition coefficient (Wildman–Crippen LogP) is -15.7. The smallest absolute Gasteiger partial charge is 0.187 e. The van der Waals surface area contributed by atoms with Crippen LogP contribution in [0.25, 0.3) is 0 Å². The lowest BCUT2D eigenvalue weighted by Crippen LogP contribution is -2.67. The molecule has 6 saturated heterocycles. The first-order valence-electron chi connectivity index (χ1n) is 22.7. The molecule has 0 bridgehead atoms. The highest BCUT2D eigenvalue weighted by Gasteiger charge is 2.56. The van der Waals surface area contributed by atoms with Crippen LogP contribution in [-0.2, 0) is 75.4 Å². The fraction of sp³-hybridized carbons (Fsp3) is 1.00. The minimum atomic E-state index is -5.68. The minimum Gasteiger partial charge on any atom is -0.790 e. The molecule has 6 aliphatic rings. The van der Waals surface area contributed by atoms with Crippen LogP contribution in [0.2, 0.25) is 0 Å². The van der Waals surface area contributed by atoms with Gasteiger partial charge in [-0.05, 0) is 0 Å². The third kappa shape index (κ3) is 15.5. The number of aliphatic hydroxyl groups is 17. The monoisotopic (exact) mass is 1160 g/mol. The largest absolute Gasteiger partial charge is 0.790 e. The third-order valence-corrected chi connectivity index (χ3v) is 13.3. The molecule has 0 spiro atoms. The van der Waals surface area contributed by atoms with Crippen molar-refractivity contribution in [2.24, 2.45) is 0 Å². The van der Waals surface area contributed by atoms with E-state index in [0.29, 0.717) is 0 Å². The first-order chi connectivity index (χ1) is 35.8. The van der Waals surface area contributed by atoms with E-state index in [4.69, 9.17) is 66.3 Å². The standard InChI is InChI=1S/C37H65O35P.HO2P/c1-59-32-28(54)29(70-37-31(24(50)15(41)9(3-39)65-37)72-35-27(53)22(48)18(44)13(69-35)7-63-73(56,57)58)19(45)11(66-32)5-60-33-25(51)20(46)16(42)10(67-33)4-61-36-30(23(49)14(40)8(2-38)64-36)71-34-26(52)21(47)17(43)12(68-34)6-62-55;1-3-2/h8-55H,2-7H2,1H3,(H2,56,57,58);(H,1,2)/p-4/t8?,9?,10?,11?,12?,13?,14-,15-,16-,17-,18-,19-,20+,21+,22+,23+,24+,25?,26?,27?,28?,29+,30?,31?,32-,33+,34+,35-,36+,37-;/m1./s1. The number of hydrogen-bond acceptors (Lipinski definition) is 37. The summed E-state index contributed by atoms with van der Waals surface area (Å²) in [4.78, 5) is 34.2. The van der Waals surface area contributed by atoms with Crippen LogP contribution in [0, 0.1) is 0 Å². The van der Waals surface area contributed by atoms with Gasteiger partial charge in [0.1, 0.15) is 146 Å². The molecule has 0 aromatic heterocycles. The second-order valence-electron chi connectivity index (χ2n) is 17.8. The SMILES string of the molecule is CO[C@@H]1OC(CO[C@H]2OC(CO[C@H]3OC(CO)[C@@H](O)[C@H](O)C3O[C@@H]3OC(CO[O-])[C@@H](O)[C@H](O)C3O)[C@@H](O)[C@H](O)C2O)[C@@H](O)[C@H](O[C@H]2OC(CO)[C@@H](O)[C@H](O)C2O[C@H]2OC(COP(=O)([O-])[O-])[C@@H](O)[C@H](O)C2O)C1O.O=P[O-]. The third-order valence-electron chi connectivity index (χ3n) is 12.9. The average Bonchev–Trinajstić information content (AvgIpc) is 3.38. The number of hydrogen-bond donors (Lipinski definition) is 17. The zero-order valence-electron chi connectivity index (χ0n) is 39.2. The Bertz CT molecular complexity index is 1780. The van der Waals surface area contributed by atoms with E-state index in [1.54, 1.807) is 0 Å². The Morgan fingerprint density at radius 3 is 1.21 bits per heavy atom. The molecule has 0 saturated carbocycles. The lowest BCUT2D eigenvalue weighted by atomic mass is 9.96. The van der Waals surface area contributed by atoms with Crippen molar-refractivity contribution < 1.29 is 182 Å². The van der Waals surface area contributed by atoms with E-state index < -0.39 is 240 Å². The van der Waals surface area contributed by atoms with E-state index in [2.05, 4.69) is 9.41 Å². The quantitative estimate of drug-likeness (QED) is 0.0306. The highest BCUT2D eigenvalue weighted by molar-refractivity contribution is 7.43. The Kier molecular flexibility index (Phi) is 25.3. The highest BCUT2D eigenvalue weighted by Crippen LogP contribution is 2.36. The zero-order chi connectivity index (χ0) is 56.7. The maximum atomic E-state index is 11.6. The normalized spacial score (nSPS) is 48.5. The van der Waals surface area contributed by atoms with Crippen molar-refractivity contribution in [3.8, 4) is 0 Å². The Labute approximate surface area is 429 Å². The summed E-state index contributed by atoms with van der Waals surface area (Å²) in [6, 6.07) is 0. The topological polar surface area (TPSA) is 600 Å². The lowest BCUT2D eigenvalue weighted by Gasteiger charge is -2.48. The van der Waals surface area contributed by atoms with Crippen LogP contribution in [0.4, 0.5) is 0 Å². The summed E-state index contributed by atoms with van der Waals surface area (Å²) in [5.41, 5.74) is 0. The molecule has 0 aliphatic carbocycles. The van der Waals surface area contributed by atoms with Crippen molar-refractivity contribution >= 4 is 16.5 Å². The van der Waals surface area contributed by atoms with E-state index in [1.165, 1.54) is 0 Å².